The van der Waals surface area contributed by atoms with Gasteiger partial charge in [-0.05, 0) is 81.3 Å². The molecule has 168 valence electrons. The molecule has 2 unspecified atom stereocenters. The lowest BCUT2D eigenvalue weighted by Crippen LogP contribution is -2.66. The lowest BCUT2D eigenvalue weighted by molar-refractivity contribution is -0.188. The lowest BCUT2D eigenvalue weighted by atomic mass is 9.46. The summed E-state index contributed by atoms with van der Waals surface area (Å²) in [6.07, 6.45) is 6.60. The standard InChI is InChI=1S/C25H29N3O4/c26-13-19-7-18-8-20(18)28(19)22(29)21(27-32-23(30)17-4-2-1-3-5-17)24-9-15-6-16(10-24)12-25(31,11-15)14-24/h1-5,15-16,18-21,27,31H,6-12,14H2/t15?,16?,18-,19+,20+,21-,24?,25?/m1/s1. The number of aliphatic hydroxyl groups is 1. The fourth-order valence-electron chi connectivity index (χ4n) is 7.84. The van der Waals surface area contributed by atoms with Gasteiger partial charge in [0.2, 0.25) is 5.91 Å². The SMILES string of the molecule is N#C[C@@H]1C[C@@H]2C[C@@H]2N1C(=O)[C@@H](NOC(=O)c1ccccc1)C12CC3CC(CC(O)(C3)C1)C2. The zero-order valence-corrected chi connectivity index (χ0v) is 18.1. The predicted molar refractivity (Wildman–Crippen MR) is 114 cm³/mol. The van der Waals surface area contributed by atoms with Gasteiger partial charge in [0.15, 0.2) is 0 Å². The van der Waals surface area contributed by atoms with Gasteiger partial charge in [0.25, 0.3) is 0 Å². The van der Waals surface area contributed by atoms with Crippen LogP contribution in [0.1, 0.15) is 61.7 Å². The molecular weight excluding hydrogens is 406 g/mol. The predicted octanol–water partition coefficient (Wildman–Crippen LogP) is 2.56. The quantitative estimate of drug-likeness (QED) is 0.689. The molecule has 6 aliphatic rings. The summed E-state index contributed by atoms with van der Waals surface area (Å²) < 4.78 is 0. The third kappa shape index (κ3) is 3.15. The highest BCUT2D eigenvalue weighted by Gasteiger charge is 2.64. The van der Waals surface area contributed by atoms with Gasteiger partial charge in [-0.15, -0.1) is 5.48 Å². The third-order valence-electron chi connectivity index (χ3n) is 8.72. The molecule has 6 fully saturated rings. The molecular formula is C25H29N3O4. The van der Waals surface area contributed by atoms with Crippen LogP contribution in [0, 0.1) is 34.5 Å². The summed E-state index contributed by atoms with van der Waals surface area (Å²) in [5.41, 5.74) is 2.10. The van der Waals surface area contributed by atoms with Crippen molar-refractivity contribution in [2.45, 2.75) is 75.1 Å². The molecule has 2 N–H and O–H groups in total. The number of benzene rings is 1. The number of fused-ring (bicyclic) bond motifs is 1. The summed E-state index contributed by atoms with van der Waals surface area (Å²) in [7, 11) is 0. The summed E-state index contributed by atoms with van der Waals surface area (Å²) in [4.78, 5) is 33.9. The molecule has 7 heteroatoms. The second kappa shape index (κ2) is 7.03. The fourth-order valence-corrected chi connectivity index (χ4v) is 7.84. The van der Waals surface area contributed by atoms with Crippen molar-refractivity contribution in [1.29, 1.82) is 5.26 Å². The van der Waals surface area contributed by atoms with Crippen molar-refractivity contribution in [3.05, 3.63) is 35.9 Å². The van der Waals surface area contributed by atoms with Gasteiger partial charge in [0.05, 0.1) is 17.2 Å². The Morgan fingerprint density at radius 3 is 2.50 bits per heavy atom. The van der Waals surface area contributed by atoms with E-state index in [9.17, 15) is 20.0 Å². The highest BCUT2D eigenvalue weighted by atomic mass is 16.7. The van der Waals surface area contributed by atoms with Gasteiger partial charge in [0, 0.05) is 11.5 Å². The van der Waals surface area contributed by atoms with Gasteiger partial charge < -0.3 is 14.8 Å². The van der Waals surface area contributed by atoms with Crippen molar-refractivity contribution < 1.29 is 19.5 Å². The molecule has 4 bridgehead atoms. The van der Waals surface area contributed by atoms with Crippen LogP contribution in [-0.2, 0) is 9.63 Å². The van der Waals surface area contributed by atoms with Crippen LogP contribution in [0.5, 0.6) is 0 Å². The number of amides is 1. The lowest BCUT2D eigenvalue weighted by Gasteiger charge is -2.62. The zero-order chi connectivity index (χ0) is 22.1. The first-order valence-corrected chi connectivity index (χ1v) is 11.9. The monoisotopic (exact) mass is 435 g/mol. The van der Waals surface area contributed by atoms with Gasteiger partial charge in [-0.25, -0.2) is 4.79 Å². The molecule has 0 aromatic heterocycles. The molecule has 5 saturated carbocycles. The van der Waals surface area contributed by atoms with Gasteiger partial charge in [-0.1, -0.05) is 18.2 Å². The molecule has 6 atom stereocenters. The molecule has 1 aromatic rings. The van der Waals surface area contributed by atoms with Crippen LogP contribution in [0.3, 0.4) is 0 Å². The smallest absolute Gasteiger partial charge is 0.356 e. The Morgan fingerprint density at radius 1 is 1.12 bits per heavy atom. The summed E-state index contributed by atoms with van der Waals surface area (Å²) in [5, 5.41) is 20.9. The first-order chi connectivity index (χ1) is 15.4. The van der Waals surface area contributed by atoms with Crippen LogP contribution in [0.4, 0.5) is 0 Å². The van der Waals surface area contributed by atoms with Crippen molar-refractivity contribution in [3.63, 3.8) is 0 Å². The maximum atomic E-state index is 14.0. The third-order valence-corrected chi connectivity index (χ3v) is 8.72. The summed E-state index contributed by atoms with van der Waals surface area (Å²) in [6, 6.07) is 9.97. The summed E-state index contributed by atoms with van der Waals surface area (Å²) >= 11 is 0. The Kier molecular flexibility index (Phi) is 4.44. The molecule has 5 aliphatic carbocycles. The second-order valence-corrected chi connectivity index (χ2v) is 11.0. The molecule has 1 heterocycles. The van der Waals surface area contributed by atoms with E-state index >= 15 is 0 Å². The average molecular weight is 436 g/mol. The average Bonchev–Trinajstić information content (AvgIpc) is 3.41. The molecule has 32 heavy (non-hydrogen) atoms. The second-order valence-electron chi connectivity index (χ2n) is 11.0. The summed E-state index contributed by atoms with van der Waals surface area (Å²) in [5.74, 6) is 0.517. The van der Waals surface area contributed by atoms with E-state index in [-0.39, 0.29) is 11.9 Å². The minimum Gasteiger partial charge on any atom is -0.390 e. The first-order valence-electron chi connectivity index (χ1n) is 11.9. The van der Waals surface area contributed by atoms with Crippen LogP contribution in [-0.4, -0.2) is 45.6 Å². The zero-order valence-electron chi connectivity index (χ0n) is 18.1. The Morgan fingerprint density at radius 2 is 1.84 bits per heavy atom. The van der Waals surface area contributed by atoms with Gasteiger partial charge in [0.1, 0.15) is 12.1 Å². The first kappa shape index (κ1) is 20.2. The minimum absolute atomic E-state index is 0.123. The topological polar surface area (TPSA) is 103 Å². The number of nitrogens with one attached hydrogen (secondary N) is 1. The number of piperidine rings is 1. The highest BCUT2D eigenvalue weighted by Crippen LogP contribution is 2.63. The van der Waals surface area contributed by atoms with Crippen molar-refractivity contribution in [2.24, 2.45) is 23.2 Å². The molecule has 1 amide bonds. The number of nitrogens with zero attached hydrogens (tertiary/aromatic N) is 2. The normalized spacial score (nSPS) is 41.6. The van der Waals surface area contributed by atoms with E-state index in [0.29, 0.717) is 29.7 Å². The van der Waals surface area contributed by atoms with Gasteiger partial charge in [-0.3, -0.25) is 4.79 Å². The molecule has 0 radical (unpaired) electrons. The number of carbonyl (C=O) groups is 2. The number of hydrogen-bond acceptors (Lipinski definition) is 6. The Labute approximate surface area is 187 Å². The van der Waals surface area contributed by atoms with E-state index in [1.807, 2.05) is 6.07 Å². The van der Waals surface area contributed by atoms with E-state index < -0.39 is 29.1 Å². The van der Waals surface area contributed by atoms with E-state index in [0.717, 1.165) is 44.9 Å². The molecule has 7 nitrogen and oxygen atoms in total. The van der Waals surface area contributed by atoms with Crippen LogP contribution in [0.2, 0.25) is 0 Å². The minimum atomic E-state index is -0.747. The van der Waals surface area contributed by atoms with Crippen LogP contribution in [0.15, 0.2) is 30.3 Å². The van der Waals surface area contributed by atoms with Crippen LogP contribution < -0.4 is 5.48 Å². The fraction of sp³-hybridized carbons (Fsp3) is 0.640. The highest BCUT2D eigenvalue weighted by molar-refractivity contribution is 5.89. The van der Waals surface area contributed by atoms with Crippen molar-refractivity contribution >= 4 is 11.9 Å². The Hall–Kier alpha value is -2.43. The number of carbonyl (C=O) groups excluding carboxylic acids is 2. The van der Waals surface area contributed by atoms with E-state index in [2.05, 4.69) is 11.5 Å². The Balaban J connectivity index is 1.30. The number of rotatable bonds is 5. The summed E-state index contributed by atoms with van der Waals surface area (Å²) in [6.45, 7) is 0. The van der Waals surface area contributed by atoms with Gasteiger partial charge in [-0.2, -0.15) is 5.26 Å². The van der Waals surface area contributed by atoms with E-state index in [4.69, 9.17) is 4.84 Å². The molecule has 1 saturated heterocycles. The largest absolute Gasteiger partial charge is 0.390 e. The van der Waals surface area contributed by atoms with E-state index in [1.54, 1.807) is 29.2 Å². The van der Waals surface area contributed by atoms with Crippen LogP contribution >= 0.6 is 0 Å². The maximum absolute atomic E-state index is 14.0. The van der Waals surface area contributed by atoms with Crippen LogP contribution in [0.25, 0.3) is 0 Å². The molecule has 1 aromatic carbocycles. The molecule has 1 aliphatic heterocycles. The Bertz CT molecular complexity index is 975. The maximum Gasteiger partial charge on any atom is 0.356 e. The van der Waals surface area contributed by atoms with Crippen molar-refractivity contribution in [1.82, 2.24) is 10.4 Å². The number of hydrogen-bond donors (Lipinski definition) is 2. The van der Waals surface area contributed by atoms with Gasteiger partial charge >= 0.3 is 5.97 Å². The molecule has 7 rings (SSSR count). The van der Waals surface area contributed by atoms with Crippen molar-refractivity contribution in [2.75, 3.05) is 0 Å². The number of likely N-dealkylation sites (tertiary alicyclic amines) is 1. The van der Waals surface area contributed by atoms with Crippen molar-refractivity contribution in [3.8, 4) is 6.07 Å². The number of nitriles is 1. The molecule has 0 spiro atoms. The number of hydroxylamine groups is 1. The van der Waals surface area contributed by atoms with E-state index in [1.165, 1.54) is 0 Å².